The Balaban J connectivity index is 0. The lowest BCUT2D eigenvalue weighted by atomic mass is 9.78. The maximum absolute atomic E-state index is 13.8. The summed E-state index contributed by atoms with van der Waals surface area (Å²) in [7, 11) is 0. The first kappa shape index (κ1) is 91.6. The van der Waals surface area contributed by atoms with Gasteiger partial charge < -0.3 is 52.1 Å². The summed E-state index contributed by atoms with van der Waals surface area (Å²) in [5.41, 5.74) is -0.770. The number of phenolic OH excluding ortho intramolecular Hbond substituents is 1. The lowest BCUT2D eigenvalue weighted by Crippen LogP contribution is -2.57. The van der Waals surface area contributed by atoms with E-state index >= 15 is 0 Å². The SMILES string of the molecule is CCCCCCCCCCCCCCCCCCC(=O)O.CCCC[C@H](CC(=O)C(C)(C)NC(=O)[C@@H](Cc1ccc(O)cc1)NC(C)=O)C(=O)C[C@@H](CCCCNC(=O)CC[C@H](CC(=O)CC[C@H](NC(=O)CC[C@H](CC(=O)C1CCC(CNC(=O)CC)CC1)C(=O)O)C(=O)O)C(=O)O)C(C)=O.[HH].[HH]. The zero-order valence-electron chi connectivity index (χ0n) is 61.9. The van der Waals surface area contributed by atoms with Gasteiger partial charge in [0.15, 0.2) is 5.78 Å². The zero-order valence-corrected chi connectivity index (χ0v) is 61.9. The molecule has 0 aliphatic heterocycles. The second kappa shape index (κ2) is 53.4. The highest BCUT2D eigenvalue weighted by molar-refractivity contribution is 5.98. The molecule has 1 saturated carbocycles. The second-order valence-electron chi connectivity index (χ2n) is 28.4. The zero-order chi connectivity index (χ0) is 75.7. The van der Waals surface area contributed by atoms with Crippen molar-refractivity contribution in [3.63, 3.8) is 0 Å². The van der Waals surface area contributed by atoms with E-state index in [1.54, 1.807) is 19.1 Å². The van der Waals surface area contributed by atoms with Crippen molar-refractivity contribution >= 4 is 82.3 Å². The van der Waals surface area contributed by atoms with Gasteiger partial charge in [-0.2, -0.15) is 0 Å². The van der Waals surface area contributed by atoms with Crippen LogP contribution in [-0.2, 0) is 73.5 Å². The van der Waals surface area contributed by atoms with Crippen molar-refractivity contribution < 1.29 is 95.5 Å². The molecule has 1 aliphatic rings. The Kier molecular flexibility index (Phi) is 48.5. The van der Waals surface area contributed by atoms with Crippen LogP contribution in [0.2, 0.25) is 0 Å². The van der Waals surface area contributed by atoms with E-state index in [-0.39, 0.29) is 102 Å². The minimum absolute atomic E-state index is 0. The number of ketones is 5. The van der Waals surface area contributed by atoms with Gasteiger partial charge in [-0.1, -0.05) is 148 Å². The van der Waals surface area contributed by atoms with Crippen LogP contribution in [0.4, 0.5) is 0 Å². The van der Waals surface area contributed by atoms with E-state index in [1.165, 1.54) is 130 Å². The molecule has 0 spiro atoms. The molecule has 1 aliphatic carbocycles. The maximum atomic E-state index is 13.8. The molecule has 1 aromatic rings. The highest BCUT2D eigenvalue weighted by atomic mass is 16.4. The number of amides is 5. The third-order valence-electron chi connectivity index (χ3n) is 19.2. The Hall–Kier alpha value is -7.40. The van der Waals surface area contributed by atoms with Gasteiger partial charge in [-0.25, -0.2) is 4.79 Å². The van der Waals surface area contributed by atoms with Crippen molar-refractivity contribution in [3.05, 3.63) is 29.8 Å². The van der Waals surface area contributed by atoms with Crippen LogP contribution in [0.15, 0.2) is 24.3 Å². The third kappa shape index (κ3) is 43.9. The summed E-state index contributed by atoms with van der Waals surface area (Å²) >= 11 is 0. The molecule has 0 unspecified atom stereocenters. The van der Waals surface area contributed by atoms with Crippen LogP contribution in [0.5, 0.6) is 5.75 Å². The van der Waals surface area contributed by atoms with E-state index in [9.17, 15) is 87.5 Å². The molecule has 0 bridgehead atoms. The molecular weight excluding hydrogens is 1300 g/mol. The highest BCUT2D eigenvalue weighted by Gasteiger charge is 2.37. The average molecular weight is 1430 g/mol. The van der Waals surface area contributed by atoms with E-state index in [4.69, 9.17) is 5.11 Å². The number of benzene rings is 1. The van der Waals surface area contributed by atoms with Crippen molar-refractivity contribution in [1.29, 1.82) is 0 Å². The molecule has 0 aromatic heterocycles. The minimum Gasteiger partial charge on any atom is -0.508 e. The summed E-state index contributed by atoms with van der Waals surface area (Å²) in [5, 5.41) is 60.7. The fourth-order valence-corrected chi connectivity index (χ4v) is 12.5. The second-order valence-corrected chi connectivity index (χ2v) is 28.4. The maximum Gasteiger partial charge on any atom is 0.326 e. The first-order valence-electron chi connectivity index (χ1n) is 37.6. The van der Waals surface area contributed by atoms with Gasteiger partial charge in [0.25, 0.3) is 0 Å². The smallest absolute Gasteiger partial charge is 0.326 e. The Morgan fingerprint density at radius 2 is 1.02 bits per heavy atom. The third-order valence-corrected chi connectivity index (χ3v) is 19.2. The predicted molar refractivity (Wildman–Crippen MR) is 388 cm³/mol. The predicted octanol–water partition coefficient (Wildman–Crippen LogP) is 12.3. The number of carbonyl (C=O) groups excluding carboxylic acids is 10. The molecule has 1 fully saturated rings. The van der Waals surface area contributed by atoms with Crippen LogP contribution < -0.4 is 26.6 Å². The van der Waals surface area contributed by atoms with E-state index in [2.05, 4.69) is 33.5 Å². The number of carbonyl (C=O) groups is 14. The lowest BCUT2D eigenvalue weighted by molar-refractivity contribution is -0.145. The van der Waals surface area contributed by atoms with Crippen molar-refractivity contribution in [1.82, 2.24) is 26.6 Å². The molecule has 5 amide bonds. The highest BCUT2D eigenvalue weighted by Crippen LogP contribution is 2.32. The van der Waals surface area contributed by atoms with Crippen molar-refractivity contribution in [3.8, 4) is 5.75 Å². The summed E-state index contributed by atoms with van der Waals surface area (Å²) in [6.45, 7) is 12.3. The van der Waals surface area contributed by atoms with Crippen LogP contribution >= 0.6 is 0 Å². The van der Waals surface area contributed by atoms with Gasteiger partial charge in [0.2, 0.25) is 29.5 Å². The van der Waals surface area contributed by atoms with Gasteiger partial charge in [-0.15, -0.1) is 0 Å². The molecule has 576 valence electrons. The van der Waals surface area contributed by atoms with Crippen molar-refractivity contribution in [2.75, 3.05) is 13.1 Å². The number of Topliss-reactive ketones (excluding diaryl/α,β-unsaturated/α-hetero) is 5. The summed E-state index contributed by atoms with van der Waals surface area (Å²) in [5.74, 6) is -12.8. The van der Waals surface area contributed by atoms with E-state index in [0.29, 0.717) is 82.7 Å². The van der Waals surface area contributed by atoms with Crippen LogP contribution in [-0.4, -0.2) is 139 Å². The molecule has 101 heavy (non-hydrogen) atoms. The number of carboxylic acids is 4. The fraction of sp³-hybridized carbons (Fsp3) is 0.740. The summed E-state index contributed by atoms with van der Waals surface area (Å²) in [6.07, 6.45) is 24.6. The molecule has 0 radical (unpaired) electrons. The quantitative estimate of drug-likeness (QED) is 0.0271. The minimum atomic E-state index is -1.55. The van der Waals surface area contributed by atoms with Crippen molar-refractivity contribution in [2.45, 2.75) is 317 Å². The normalized spacial score (nSPS) is 15.3. The van der Waals surface area contributed by atoms with Gasteiger partial charge in [-0.3, -0.25) is 62.3 Å². The number of aliphatic carboxylic acids is 4. The van der Waals surface area contributed by atoms with Gasteiger partial charge >= 0.3 is 23.9 Å². The van der Waals surface area contributed by atoms with Gasteiger partial charge in [0.05, 0.1) is 17.4 Å². The number of rotatable bonds is 58. The number of aromatic hydroxyl groups is 1. The van der Waals surface area contributed by atoms with Crippen LogP contribution in [0, 0.1) is 35.5 Å². The van der Waals surface area contributed by atoms with Crippen LogP contribution in [0.3, 0.4) is 0 Å². The molecule has 0 saturated heterocycles. The average Bonchev–Trinajstić information content (AvgIpc) is 0.841. The van der Waals surface area contributed by atoms with Crippen LogP contribution in [0.25, 0.3) is 0 Å². The largest absolute Gasteiger partial charge is 0.508 e. The fourth-order valence-electron chi connectivity index (χ4n) is 12.5. The number of carboxylic acid groups (broad SMARTS) is 4. The van der Waals surface area contributed by atoms with E-state index in [0.717, 1.165) is 19.3 Å². The van der Waals surface area contributed by atoms with Gasteiger partial charge in [-0.05, 0) is 115 Å². The Morgan fingerprint density at radius 3 is 1.52 bits per heavy atom. The number of unbranched alkanes of at least 4 members (excludes halogenated alkanes) is 17. The number of phenols is 1. The number of nitrogens with one attached hydrogen (secondary N) is 5. The molecule has 6 atom stereocenters. The summed E-state index contributed by atoms with van der Waals surface area (Å²) < 4.78 is 0. The summed E-state index contributed by atoms with van der Waals surface area (Å²) in [4.78, 5) is 175. The topological polar surface area (TPSA) is 400 Å². The van der Waals surface area contributed by atoms with Gasteiger partial charge in [0, 0.05) is 105 Å². The Labute approximate surface area is 602 Å². The summed E-state index contributed by atoms with van der Waals surface area (Å²) in [6, 6.07) is 3.54. The Morgan fingerprint density at radius 1 is 0.495 bits per heavy atom. The monoisotopic (exact) mass is 1430 g/mol. The van der Waals surface area contributed by atoms with E-state index < -0.39 is 120 Å². The van der Waals surface area contributed by atoms with Crippen molar-refractivity contribution in [2.24, 2.45) is 35.5 Å². The number of hydrogen-bond donors (Lipinski definition) is 10. The number of hydrogen-bond acceptors (Lipinski definition) is 15. The van der Waals surface area contributed by atoms with E-state index in [1.807, 2.05) is 6.92 Å². The molecule has 0 heterocycles. The van der Waals surface area contributed by atoms with Gasteiger partial charge in [0.1, 0.15) is 41.0 Å². The molecular formula is C77H129N5O19. The Bertz CT molecular complexity index is 2740. The first-order valence-corrected chi connectivity index (χ1v) is 37.6. The molecule has 10 N–H and O–H groups in total. The lowest BCUT2D eigenvalue weighted by Gasteiger charge is -2.29. The molecule has 2 rings (SSSR count). The van der Waals surface area contributed by atoms with Crippen LogP contribution in [0.1, 0.15) is 301 Å². The standard InChI is InChI=1S/C58H87N5O17.C19H38O2.2H2/c1-7-9-12-41(33-50(70)58(5,6)63-54(74)47(61-36(4)65)29-37-16-22-44(66)23-17-37)49(69)31-40(35(3)64)13-10-11-28-59-52(72)26-20-42(55(75)76)30-45(67)24-25-46(57(79)80)62-53(73)27-21-43(56(77)78)32-48(68)39-18-14-38(15-19-39)34-60-51(71)8-2;1-2-3-4-5-6-7-8-9-10-11-12-13-14-15-16-17-18-19(20)21;;/h16-17,22-23,38-43,46-47,66H,7-15,18-21,24-34H2,1-6H3,(H,59,72)(H,60,71)(H,61,65)(H,62,73)(H,63,74)(H,75,76)(H,77,78)(H,79,80);2-18H2,1H3,(H,20,21);2*1H/t38?,39?,40-,41-,42-,43-,46+,47-;;;/m1.../s1. The first-order chi connectivity index (χ1) is 47.9. The molecule has 24 nitrogen and oxygen atoms in total. The molecule has 1 aromatic carbocycles. The molecule has 24 heteroatoms.